The number of aryl methyl sites for hydroxylation is 1. The molecule has 1 aromatic rings. The molecule has 0 radical (unpaired) electrons. The highest BCUT2D eigenvalue weighted by Crippen LogP contribution is 2.07. The van der Waals surface area contributed by atoms with Crippen LogP contribution in [0.4, 0.5) is 4.39 Å². The van der Waals surface area contributed by atoms with Crippen molar-refractivity contribution in [2.45, 2.75) is 13.4 Å². The van der Waals surface area contributed by atoms with Gasteiger partial charge in [-0.3, -0.25) is 0 Å². The Morgan fingerprint density at radius 2 is 2.40 bits per heavy atom. The Labute approximate surface area is 62.5 Å². The Morgan fingerprint density at radius 3 is 2.90 bits per heavy atom. The van der Waals surface area contributed by atoms with Crippen molar-refractivity contribution >= 4 is 0 Å². The van der Waals surface area contributed by atoms with E-state index >= 15 is 0 Å². The molecule has 0 fully saturated rings. The van der Waals surface area contributed by atoms with Gasteiger partial charge in [-0.15, -0.1) is 0 Å². The Kier molecular flexibility index (Phi) is 1.36. The summed E-state index contributed by atoms with van der Waals surface area (Å²) in [6.45, 7) is -0.0387. The average Bonchev–Trinajstić information content (AvgIpc) is 1.92. The van der Waals surface area contributed by atoms with E-state index in [1.807, 2.05) is 0 Å². The monoisotopic (exact) mass is 142 g/mol. The van der Waals surface area contributed by atoms with Gasteiger partial charge in [-0.2, -0.15) is 0 Å². The molecule has 0 unspecified atom stereocenters. The van der Waals surface area contributed by atoms with Gasteiger partial charge in [0.15, 0.2) is 0 Å². The second kappa shape index (κ2) is 2.80. The van der Waals surface area contributed by atoms with Crippen molar-refractivity contribution in [1.29, 1.82) is 0 Å². The highest BCUT2D eigenvalue weighted by Gasteiger charge is 1.96. The van der Waals surface area contributed by atoms with Gasteiger partial charge in [0, 0.05) is 5.56 Å². The molecule has 1 aromatic carbocycles. The number of hydrogen-bond acceptors (Lipinski definition) is 0. The molecule has 54 valence electrons. The maximum absolute atomic E-state index is 12.7. The Hall–Kier alpha value is -0.890. The third-order valence-electron chi connectivity index (χ3n) is 1.36. The predicted octanol–water partition coefficient (Wildman–Crippen LogP) is 0.876. The van der Waals surface area contributed by atoms with Gasteiger partial charge >= 0.3 is 0 Å². The molecule has 0 heterocycles. The molecular formula is C8H11FN+. The minimum atomic E-state index is -1.64. The molecule has 10 heavy (non-hydrogen) atoms. The van der Waals surface area contributed by atoms with Gasteiger partial charge in [-0.25, -0.2) is 4.39 Å². The molecule has 0 aliphatic heterocycles. The lowest BCUT2D eigenvalue weighted by molar-refractivity contribution is -0.386. The van der Waals surface area contributed by atoms with Crippen molar-refractivity contribution in [1.82, 2.24) is 0 Å². The van der Waals surface area contributed by atoms with Crippen LogP contribution in [-0.2, 0) is 6.50 Å². The number of hydrogen-bond donors (Lipinski definition) is 1. The van der Waals surface area contributed by atoms with Crippen LogP contribution in [0, 0.1) is 12.7 Å². The highest BCUT2D eigenvalue weighted by molar-refractivity contribution is 5.22. The van der Waals surface area contributed by atoms with Crippen LogP contribution < -0.4 is 5.73 Å². The summed E-state index contributed by atoms with van der Waals surface area (Å²) in [6.07, 6.45) is 0. The lowest BCUT2D eigenvalue weighted by Gasteiger charge is -1.96. The summed E-state index contributed by atoms with van der Waals surface area (Å²) < 4.78 is 27.3. The van der Waals surface area contributed by atoms with Crippen LogP contribution in [-0.4, -0.2) is 0 Å². The largest absolute Gasteiger partial charge is 0.354 e. The first-order chi connectivity index (χ1) is 5.41. The smallest absolute Gasteiger partial charge is 0.126 e. The van der Waals surface area contributed by atoms with Gasteiger partial charge in [0.25, 0.3) is 0 Å². The Morgan fingerprint density at radius 1 is 1.70 bits per heavy atom. The van der Waals surface area contributed by atoms with Crippen LogP contribution in [0.5, 0.6) is 0 Å². The van der Waals surface area contributed by atoms with E-state index in [-0.39, 0.29) is 5.82 Å². The van der Waals surface area contributed by atoms with Gasteiger partial charge in [0.05, 0.1) is 9.24 Å². The van der Waals surface area contributed by atoms with E-state index in [2.05, 4.69) is 5.73 Å². The molecule has 2 heteroatoms. The normalized spacial score (nSPS) is 14.3. The molecule has 0 saturated carbocycles. The van der Waals surface area contributed by atoms with Crippen molar-refractivity contribution in [3.05, 3.63) is 35.1 Å². The minimum absolute atomic E-state index is 0.317. The quantitative estimate of drug-likeness (QED) is 0.602. The third kappa shape index (κ3) is 1.33. The van der Waals surface area contributed by atoms with E-state index in [0.29, 0.717) is 11.1 Å². The van der Waals surface area contributed by atoms with E-state index in [1.165, 1.54) is 18.2 Å². The SMILES string of the molecule is [2H]C([2H])([NH3+])c1ccc(F)c(C)c1. The second-order valence-electron chi connectivity index (χ2n) is 2.14. The maximum atomic E-state index is 12.7. The van der Waals surface area contributed by atoms with Crippen LogP contribution in [0.25, 0.3) is 0 Å². The van der Waals surface area contributed by atoms with E-state index in [9.17, 15) is 4.39 Å². The minimum Gasteiger partial charge on any atom is -0.354 e. The van der Waals surface area contributed by atoms with Crippen molar-refractivity contribution in [3.63, 3.8) is 0 Å². The predicted molar refractivity (Wildman–Crippen MR) is 37.7 cm³/mol. The third-order valence-corrected chi connectivity index (χ3v) is 1.36. The van der Waals surface area contributed by atoms with Crippen LogP contribution >= 0.6 is 0 Å². The summed E-state index contributed by atoms with van der Waals surface area (Å²) in [5, 5.41) is 0. The fourth-order valence-corrected chi connectivity index (χ4v) is 0.755. The van der Waals surface area contributed by atoms with Gasteiger partial charge in [0.2, 0.25) is 0 Å². The summed E-state index contributed by atoms with van der Waals surface area (Å²) in [5.74, 6) is -0.317. The zero-order chi connectivity index (χ0) is 9.35. The lowest BCUT2D eigenvalue weighted by Crippen LogP contribution is -2.47. The molecule has 0 atom stereocenters. The second-order valence-corrected chi connectivity index (χ2v) is 2.14. The van der Waals surface area contributed by atoms with Crippen LogP contribution in [0.2, 0.25) is 0 Å². The number of halogens is 1. The molecular weight excluding hydrogens is 129 g/mol. The first kappa shape index (κ1) is 4.85. The molecule has 0 amide bonds. The van der Waals surface area contributed by atoms with Crippen molar-refractivity contribution in [2.24, 2.45) is 0 Å². The standard InChI is InChI=1S/C8H10FN/c1-6-4-7(5-10)2-3-8(6)9/h2-4H,5,10H2,1H3/p+1/i5D2. The van der Waals surface area contributed by atoms with Gasteiger partial charge in [-0.05, 0) is 24.6 Å². The summed E-state index contributed by atoms with van der Waals surface area (Å²) in [7, 11) is 0. The van der Waals surface area contributed by atoms with Gasteiger partial charge in [-0.1, -0.05) is 6.07 Å². The number of quaternary nitrogens is 1. The molecule has 3 N–H and O–H groups in total. The van der Waals surface area contributed by atoms with Crippen LogP contribution in [0.15, 0.2) is 18.2 Å². The molecule has 0 spiro atoms. The van der Waals surface area contributed by atoms with E-state index < -0.39 is 6.50 Å². The first-order valence-electron chi connectivity index (χ1n) is 4.03. The molecule has 0 aromatic heterocycles. The van der Waals surface area contributed by atoms with E-state index in [1.54, 1.807) is 6.92 Å². The molecule has 1 nitrogen and oxygen atoms in total. The topological polar surface area (TPSA) is 27.6 Å². The fourth-order valence-electron chi connectivity index (χ4n) is 0.755. The lowest BCUT2D eigenvalue weighted by atomic mass is 10.1. The van der Waals surface area contributed by atoms with E-state index in [0.717, 1.165) is 0 Å². The summed E-state index contributed by atoms with van der Waals surface area (Å²) in [6, 6.07) is 4.14. The zero-order valence-corrected chi connectivity index (χ0v) is 5.82. The molecule has 0 bridgehead atoms. The van der Waals surface area contributed by atoms with Crippen LogP contribution in [0.1, 0.15) is 13.9 Å². The Bertz CT molecular complexity index is 294. The van der Waals surface area contributed by atoms with Crippen LogP contribution in [0.3, 0.4) is 0 Å². The zero-order valence-electron chi connectivity index (χ0n) is 7.82. The average molecular weight is 142 g/mol. The summed E-state index contributed by atoms with van der Waals surface area (Å²) >= 11 is 0. The number of rotatable bonds is 1. The first-order valence-corrected chi connectivity index (χ1v) is 3.03. The molecule has 0 aliphatic carbocycles. The molecule has 0 aliphatic rings. The van der Waals surface area contributed by atoms with E-state index in [4.69, 9.17) is 2.74 Å². The molecule has 1 rings (SSSR count). The Balaban J connectivity index is 3.14. The number of benzene rings is 1. The summed E-state index contributed by atoms with van der Waals surface area (Å²) in [4.78, 5) is 0. The maximum Gasteiger partial charge on any atom is 0.126 e. The summed E-state index contributed by atoms with van der Waals surface area (Å²) in [5.41, 5.74) is 4.17. The fraction of sp³-hybridized carbons (Fsp3) is 0.250. The van der Waals surface area contributed by atoms with Gasteiger partial charge in [0.1, 0.15) is 5.82 Å². The van der Waals surface area contributed by atoms with Crippen molar-refractivity contribution in [2.75, 3.05) is 0 Å². The van der Waals surface area contributed by atoms with Crippen molar-refractivity contribution < 1.29 is 12.9 Å². The van der Waals surface area contributed by atoms with Gasteiger partial charge < -0.3 is 5.73 Å². The highest BCUT2D eigenvalue weighted by atomic mass is 19.1. The molecule has 0 saturated heterocycles. The van der Waals surface area contributed by atoms with Crippen molar-refractivity contribution in [3.8, 4) is 0 Å².